The molecule has 1 N–H and O–H groups in total. The maximum atomic E-state index is 12.8. The number of nitrogens with zero attached hydrogens (tertiary/aromatic N) is 1. The molecule has 2 heterocycles. The van der Waals surface area contributed by atoms with Crippen LogP contribution in [0.4, 0.5) is 0 Å². The number of carbonyl (C=O) groups excluding carboxylic acids is 1. The van der Waals surface area contributed by atoms with Gasteiger partial charge < -0.3 is 15.0 Å². The zero-order valence-corrected chi connectivity index (χ0v) is 14.6. The van der Waals surface area contributed by atoms with E-state index in [1.165, 1.54) is 12.8 Å². The quantitative estimate of drug-likeness (QED) is 0.917. The summed E-state index contributed by atoms with van der Waals surface area (Å²) in [5, 5.41) is 3.60. The molecule has 2 saturated heterocycles. The Balaban J connectivity index is 0.00000192. The summed E-state index contributed by atoms with van der Waals surface area (Å²) in [7, 11) is 0. The van der Waals surface area contributed by atoms with E-state index in [2.05, 4.69) is 5.32 Å². The van der Waals surface area contributed by atoms with Crippen molar-refractivity contribution in [2.24, 2.45) is 5.92 Å². The van der Waals surface area contributed by atoms with Crippen LogP contribution in [0.5, 0.6) is 5.75 Å². The van der Waals surface area contributed by atoms with Gasteiger partial charge in [0.25, 0.3) is 5.91 Å². The number of ether oxygens (including phenoxy) is 1. The third kappa shape index (κ3) is 4.18. The summed E-state index contributed by atoms with van der Waals surface area (Å²) in [5.74, 6) is 1.55. The van der Waals surface area contributed by atoms with Gasteiger partial charge in [-0.2, -0.15) is 0 Å². The molecule has 4 nitrogen and oxygen atoms in total. The number of likely N-dealkylation sites (tertiary alicyclic amines) is 1. The SMILES string of the molecule is CCOc1ccccc1C(=O)N1CCC(C2CCCN2)CC1.Cl. The van der Waals surface area contributed by atoms with Crippen molar-refractivity contribution in [2.45, 2.75) is 38.6 Å². The molecule has 2 aliphatic heterocycles. The number of rotatable bonds is 4. The van der Waals surface area contributed by atoms with Crippen LogP contribution in [0.25, 0.3) is 0 Å². The predicted octanol–water partition coefficient (Wildman–Crippen LogP) is 3.11. The standard InChI is InChI=1S/C18H26N2O2.ClH/c1-2-22-17-8-4-3-6-15(17)18(21)20-12-9-14(10-13-20)16-7-5-11-19-16;/h3-4,6,8,14,16,19H,2,5,7,9-13H2,1H3;1H. The summed E-state index contributed by atoms with van der Waals surface area (Å²) in [6.45, 7) is 5.41. The molecule has 0 aliphatic carbocycles. The van der Waals surface area contributed by atoms with Gasteiger partial charge in [-0.25, -0.2) is 0 Å². The Bertz CT molecular complexity index is 509. The average molecular weight is 339 g/mol. The van der Waals surface area contributed by atoms with Gasteiger partial charge in [0.1, 0.15) is 5.75 Å². The Morgan fingerprint density at radius 2 is 2.00 bits per heavy atom. The Morgan fingerprint density at radius 1 is 1.26 bits per heavy atom. The summed E-state index contributed by atoms with van der Waals surface area (Å²) < 4.78 is 5.59. The highest BCUT2D eigenvalue weighted by atomic mass is 35.5. The fraction of sp³-hybridized carbons (Fsp3) is 0.611. The number of piperidine rings is 1. The molecule has 3 rings (SSSR count). The van der Waals surface area contributed by atoms with Crippen molar-refractivity contribution in [3.05, 3.63) is 29.8 Å². The van der Waals surface area contributed by atoms with Gasteiger partial charge in [-0.05, 0) is 57.2 Å². The Kier molecular flexibility index (Phi) is 6.72. The van der Waals surface area contributed by atoms with Crippen molar-refractivity contribution in [1.29, 1.82) is 0 Å². The number of nitrogens with one attached hydrogen (secondary N) is 1. The molecular weight excluding hydrogens is 312 g/mol. The molecule has 1 aromatic carbocycles. The lowest BCUT2D eigenvalue weighted by Gasteiger charge is -2.35. The average Bonchev–Trinajstić information content (AvgIpc) is 3.10. The van der Waals surface area contributed by atoms with Gasteiger partial charge in [-0.3, -0.25) is 4.79 Å². The zero-order valence-electron chi connectivity index (χ0n) is 13.8. The Hall–Kier alpha value is -1.26. The minimum Gasteiger partial charge on any atom is -0.493 e. The first-order chi connectivity index (χ1) is 10.8. The van der Waals surface area contributed by atoms with Gasteiger partial charge in [-0.15, -0.1) is 12.4 Å². The van der Waals surface area contributed by atoms with Crippen molar-refractivity contribution in [3.8, 4) is 5.75 Å². The van der Waals surface area contributed by atoms with E-state index in [9.17, 15) is 4.79 Å². The van der Waals surface area contributed by atoms with E-state index < -0.39 is 0 Å². The highest BCUT2D eigenvalue weighted by molar-refractivity contribution is 5.97. The number of benzene rings is 1. The molecule has 1 amide bonds. The normalized spacial score (nSPS) is 21.8. The molecule has 0 radical (unpaired) electrons. The molecule has 0 aromatic heterocycles. The molecule has 1 unspecified atom stereocenters. The second-order valence-corrected chi connectivity index (χ2v) is 6.26. The second kappa shape index (κ2) is 8.55. The first kappa shape index (κ1) is 18.1. The van der Waals surface area contributed by atoms with Crippen LogP contribution >= 0.6 is 12.4 Å². The van der Waals surface area contributed by atoms with Crippen LogP contribution in [0.3, 0.4) is 0 Å². The van der Waals surface area contributed by atoms with E-state index in [1.54, 1.807) is 0 Å². The van der Waals surface area contributed by atoms with Crippen LogP contribution in [0.1, 0.15) is 43.0 Å². The third-order valence-electron chi connectivity index (χ3n) is 4.91. The number of para-hydroxylation sites is 1. The highest BCUT2D eigenvalue weighted by Crippen LogP contribution is 2.27. The molecule has 23 heavy (non-hydrogen) atoms. The predicted molar refractivity (Wildman–Crippen MR) is 94.5 cm³/mol. The van der Waals surface area contributed by atoms with Crippen molar-refractivity contribution in [1.82, 2.24) is 10.2 Å². The first-order valence-corrected chi connectivity index (χ1v) is 8.54. The Labute approximate surface area is 145 Å². The molecule has 0 saturated carbocycles. The fourth-order valence-corrected chi connectivity index (χ4v) is 3.71. The largest absolute Gasteiger partial charge is 0.493 e. The minimum atomic E-state index is 0. The number of hydrogen-bond acceptors (Lipinski definition) is 3. The maximum Gasteiger partial charge on any atom is 0.257 e. The van der Waals surface area contributed by atoms with Gasteiger partial charge in [-0.1, -0.05) is 12.1 Å². The van der Waals surface area contributed by atoms with E-state index in [-0.39, 0.29) is 18.3 Å². The van der Waals surface area contributed by atoms with Gasteiger partial charge in [0, 0.05) is 19.1 Å². The topological polar surface area (TPSA) is 41.6 Å². The van der Waals surface area contributed by atoms with E-state index >= 15 is 0 Å². The van der Waals surface area contributed by atoms with E-state index in [1.807, 2.05) is 36.1 Å². The van der Waals surface area contributed by atoms with Crippen LogP contribution in [-0.4, -0.2) is 43.1 Å². The molecule has 0 spiro atoms. The molecule has 1 atom stereocenters. The summed E-state index contributed by atoms with van der Waals surface area (Å²) in [5.41, 5.74) is 0.696. The molecule has 2 fully saturated rings. The van der Waals surface area contributed by atoms with Gasteiger partial charge in [0.05, 0.1) is 12.2 Å². The third-order valence-corrected chi connectivity index (χ3v) is 4.91. The van der Waals surface area contributed by atoms with Crippen molar-refractivity contribution < 1.29 is 9.53 Å². The molecule has 2 aliphatic rings. The lowest BCUT2D eigenvalue weighted by Crippen LogP contribution is -2.43. The molecule has 128 valence electrons. The summed E-state index contributed by atoms with van der Waals surface area (Å²) >= 11 is 0. The summed E-state index contributed by atoms with van der Waals surface area (Å²) in [4.78, 5) is 14.7. The van der Waals surface area contributed by atoms with Crippen molar-refractivity contribution in [3.63, 3.8) is 0 Å². The smallest absolute Gasteiger partial charge is 0.257 e. The van der Waals surface area contributed by atoms with Crippen LogP contribution < -0.4 is 10.1 Å². The zero-order chi connectivity index (χ0) is 15.4. The number of halogens is 1. The second-order valence-electron chi connectivity index (χ2n) is 6.26. The van der Waals surface area contributed by atoms with Crippen LogP contribution in [-0.2, 0) is 0 Å². The molecular formula is C18H27ClN2O2. The molecule has 5 heteroatoms. The fourth-order valence-electron chi connectivity index (χ4n) is 3.71. The lowest BCUT2D eigenvalue weighted by atomic mass is 9.88. The van der Waals surface area contributed by atoms with Gasteiger partial charge in [0.2, 0.25) is 0 Å². The Morgan fingerprint density at radius 3 is 2.65 bits per heavy atom. The summed E-state index contributed by atoms with van der Waals surface area (Å²) in [6, 6.07) is 8.25. The summed E-state index contributed by atoms with van der Waals surface area (Å²) in [6.07, 6.45) is 4.82. The number of hydrogen-bond donors (Lipinski definition) is 1. The first-order valence-electron chi connectivity index (χ1n) is 8.54. The monoisotopic (exact) mass is 338 g/mol. The number of carbonyl (C=O) groups is 1. The van der Waals surface area contributed by atoms with Crippen LogP contribution in [0, 0.1) is 5.92 Å². The highest BCUT2D eigenvalue weighted by Gasteiger charge is 2.30. The number of amides is 1. The van der Waals surface area contributed by atoms with E-state index in [0.29, 0.717) is 24.0 Å². The lowest BCUT2D eigenvalue weighted by molar-refractivity contribution is 0.0670. The van der Waals surface area contributed by atoms with Gasteiger partial charge >= 0.3 is 0 Å². The molecule has 0 bridgehead atoms. The van der Waals surface area contributed by atoms with Gasteiger partial charge in [0.15, 0.2) is 0 Å². The van der Waals surface area contributed by atoms with Crippen LogP contribution in [0.15, 0.2) is 24.3 Å². The van der Waals surface area contributed by atoms with Crippen LogP contribution in [0.2, 0.25) is 0 Å². The van der Waals surface area contributed by atoms with Crippen molar-refractivity contribution >= 4 is 18.3 Å². The van der Waals surface area contributed by atoms with Crippen molar-refractivity contribution in [2.75, 3.05) is 26.2 Å². The minimum absolute atomic E-state index is 0. The molecule has 1 aromatic rings. The van der Waals surface area contributed by atoms with E-state index in [0.717, 1.165) is 38.4 Å². The van der Waals surface area contributed by atoms with E-state index in [4.69, 9.17) is 4.74 Å². The maximum absolute atomic E-state index is 12.8.